The number of nitrogens with zero attached hydrogens (tertiary/aromatic N) is 1. The lowest BCUT2D eigenvalue weighted by molar-refractivity contribution is -0.117. The second-order valence-electron chi connectivity index (χ2n) is 5.82. The van der Waals surface area contributed by atoms with E-state index in [1.54, 1.807) is 33.8 Å². The van der Waals surface area contributed by atoms with Crippen LogP contribution in [0.1, 0.15) is 33.3 Å². The molecule has 1 rings (SSSR count). The first-order chi connectivity index (χ1) is 9.10. The summed E-state index contributed by atoms with van der Waals surface area (Å²) in [5.74, 6) is -0.465. The summed E-state index contributed by atoms with van der Waals surface area (Å²) in [5, 5.41) is 0. The van der Waals surface area contributed by atoms with E-state index in [0.29, 0.717) is 11.8 Å². The molecule has 0 aromatic heterocycles. The number of hydrogen-bond donors (Lipinski definition) is 0. The van der Waals surface area contributed by atoms with Gasteiger partial charge < -0.3 is 9.53 Å². The van der Waals surface area contributed by atoms with Gasteiger partial charge in [-0.15, -0.1) is 0 Å². The fourth-order valence-corrected chi connectivity index (χ4v) is 1.66. The highest BCUT2D eigenvalue weighted by Gasteiger charge is 2.36. The normalized spacial score (nSPS) is 14.3. The van der Waals surface area contributed by atoms with E-state index < -0.39 is 23.1 Å². The third-order valence-electron chi connectivity index (χ3n) is 3.00. The highest BCUT2D eigenvalue weighted by molar-refractivity contribution is 5.77. The van der Waals surface area contributed by atoms with Crippen LogP contribution < -0.4 is 0 Å². The topological polar surface area (TPSA) is 46.6 Å². The molecular weight excluding hydrogens is 261 g/mol. The van der Waals surface area contributed by atoms with Crippen LogP contribution in [0, 0.1) is 5.82 Å². The summed E-state index contributed by atoms with van der Waals surface area (Å²) < 4.78 is 18.6. The van der Waals surface area contributed by atoms with Gasteiger partial charge >= 0.3 is 6.09 Å². The summed E-state index contributed by atoms with van der Waals surface area (Å²) >= 11 is 0. The lowest BCUT2D eigenvalue weighted by Gasteiger charge is -2.35. The lowest BCUT2D eigenvalue weighted by Crippen LogP contribution is -2.48. The van der Waals surface area contributed by atoms with Gasteiger partial charge in [-0.3, -0.25) is 4.90 Å². The van der Waals surface area contributed by atoms with Crippen molar-refractivity contribution in [1.29, 1.82) is 0 Å². The van der Waals surface area contributed by atoms with Crippen molar-refractivity contribution in [1.82, 2.24) is 4.90 Å². The largest absolute Gasteiger partial charge is 0.444 e. The monoisotopic (exact) mass is 281 g/mol. The zero-order valence-corrected chi connectivity index (χ0v) is 12.4. The molecule has 1 amide bonds. The number of hydrogen-bond acceptors (Lipinski definition) is 3. The zero-order valence-electron chi connectivity index (χ0n) is 12.4. The van der Waals surface area contributed by atoms with Crippen molar-refractivity contribution in [3.05, 3.63) is 35.6 Å². The SMILES string of the molecule is CN(C(=O)OC(C)(C)C)C(C)(C=O)c1cccc(F)c1. The molecule has 1 aromatic rings. The Kier molecular flexibility index (Phi) is 4.53. The molecule has 0 aliphatic rings. The van der Waals surface area contributed by atoms with E-state index in [1.165, 1.54) is 30.1 Å². The highest BCUT2D eigenvalue weighted by atomic mass is 19.1. The zero-order chi connectivity index (χ0) is 15.6. The maximum absolute atomic E-state index is 13.3. The third kappa shape index (κ3) is 3.56. The smallest absolute Gasteiger partial charge is 0.411 e. The molecule has 0 spiro atoms. The van der Waals surface area contributed by atoms with Crippen molar-refractivity contribution in [2.75, 3.05) is 7.05 Å². The van der Waals surface area contributed by atoms with Crippen LogP contribution in [0.2, 0.25) is 0 Å². The molecule has 20 heavy (non-hydrogen) atoms. The van der Waals surface area contributed by atoms with E-state index >= 15 is 0 Å². The molecule has 4 nitrogen and oxygen atoms in total. The Hall–Kier alpha value is -1.91. The second kappa shape index (κ2) is 5.61. The Morgan fingerprint density at radius 2 is 1.90 bits per heavy atom. The molecule has 1 atom stereocenters. The first-order valence-corrected chi connectivity index (χ1v) is 6.29. The molecule has 110 valence electrons. The van der Waals surface area contributed by atoms with Gasteiger partial charge in [0.1, 0.15) is 23.2 Å². The van der Waals surface area contributed by atoms with Crippen LogP contribution in [0.4, 0.5) is 9.18 Å². The number of ether oxygens (including phenoxy) is 1. The van der Waals surface area contributed by atoms with Gasteiger partial charge in [0.05, 0.1) is 0 Å². The molecule has 0 bridgehead atoms. The number of benzene rings is 1. The standard InChI is InChI=1S/C15H20FNO3/c1-14(2,3)20-13(19)17(5)15(4,10-18)11-7-6-8-12(16)9-11/h6-10H,1-5H3. The number of carbonyl (C=O) groups is 2. The molecule has 0 radical (unpaired) electrons. The number of halogens is 1. The summed E-state index contributed by atoms with van der Waals surface area (Å²) in [6, 6.07) is 5.60. The first kappa shape index (κ1) is 16.1. The van der Waals surface area contributed by atoms with Gasteiger partial charge in [0.2, 0.25) is 0 Å². The van der Waals surface area contributed by atoms with Gasteiger partial charge in [0.25, 0.3) is 0 Å². The van der Waals surface area contributed by atoms with E-state index in [9.17, 15) is 14.0 Å². The molecule has 0 saturated heterocycles. The summed E-state index contributed by atoms with van der Waals surface area (Å²) in [6.45, 7) is 6.75. The highest BCUT2D eigenvalue weighted by Crippen LogP contribution is 2.27. The van der Waals surface area contributed by atoms with E-state index in [0.717, 1.165) is 0 Å². The quantitative estimate of drug-likeness (QED) is 0.800. The fourth-order valence-electron chi connectivity index (χ4n) is 1.66. The van der Waals surface area contributed by atoms with E-state index in [-0.39, 0.29) is 0 Å². The van der Waals surface area contributed by atoms with Crippen LogP contribution >= 0.6 is 0 Å². The van der Waals surface area contributed by atoms with Crippen molar-refractivity contribution in [2.24, 2.45) is 0 Å². The first-order valence-electron chi connectivity index (χ1n) is 6.29. The maximum Gasteiger partial charge on any atom is 0.411 e. The van der Waals surface area contributed by atoms with Crippen molar-refractivity contribution >= 4 is 12.4 Å². The Labute approximate surface area is 118 Å². The third-order valence-corrected chi connectivity index (χ3v) is 3.00. The summed E-state index contributed by atoms with van der Waals surface area (Å²) in [4.78, 5) is 24.7. The van der Waals surface area contributed by atoms with Crippen molar-refractivity contribution in [3.8, 4) is 0 Å². The average molecular weight is 281 g/mol. The predicted molar refractivity (Wildman–Crippen MR) is 73.8 cm³/mol. The van der Waals surface area contributed by atoms with Crippen LogP contribution in [-0.2, 0) is 15.1 Å². The van der Waals surface area contributed by atoms with Crippen LogP contribution in [0.5, 0.6) is 0 Å². The minimum Gasteiger partial charge on any atom is -0.444 e. The minimum absolute atomic E-state index is 0.390. The number of carbonyl (C=O) groups excluding carboxylic acids is 2. The molecule has 0 saturated carbocycles. The molecule has 1 aromatic carbocycles. The maximum atomic E-state index is 13.3. The number of likely N-dealkylation sites (N-methyl/N-ethyl adjacent to an activating group) is 1. The summed E-state index contributed by atoms with van der Waals surface area (Å²) in [7, 11) is 1.45. The Bertz CT molecular complexity index is 510. The fraction of sp³-hybridized carbons (Fsp3) is 0.467. The van der Waals surface area contributed by atoms with Crippen molar-refractivity contribution in [2.45, 2.75) is 38.8 Å². The number of aldehydes is 1. The molecule has 0 aliphatic carbocycles. The molecular formula is C15H20FNO3. The van der Waals surface area contributed by atoms with Gasteiger partial charge in [-0.1, -0.05) is 12.1 Å². The van der Waals surface area contributed by atoms with E-state index in [4.69, 9.17) is 4.74 Å². The Morgan fingerprint density at radius 3 is 2.35 bits per heavy atom. The van der Waals surface area contributed by atoms with E-state index in [1.807, 2.05) is 0 Å². The predicted octanol–water partition coefficient (Wildman–Crippen LogP) is 3.11. The van der Waals surface area contributed by atoms with Crippen LogP contribution in [-0.4, -0.2) is 29.9 Å². The van der Waals surface area contributed by atoms with Gasteiger partial charge in [-0.25, -0.2) is 9.18 Å². The van der Waals surface area contributed by atoms with Gasteiger partial charge in [0.15, 0.2) is 0 Å². The van der Waals surface area contributed by atoms with Gasteiger partial charge in [0, 0.05) is 7.05 Å². The average Bonchev–Trinajstić information content (AvgIpc) is 2.34. The molecule has 0 aliphatic heterocycles. The van der Waals surface area contributed by atoms with Gasteiger partial charge in [-0.05, 0) is 45.4 Å². The second-order valence-corrected chi connectivity index (χ2v) is 5.82. The molecule has 0 N–H and O–H groups in total. The molecule has 0 fully saturated rings. The lowest BCUT2D eigenvalue weighted by atomic mass is 9.92. The Balaban J connectivity index is 3.10. The van der Waals surface area contributed by atoms with Crippen LogP contribution in [0.25, 0.3) is 0 Å². The number of rotatable bonds is 3. The summed E-state index contributed by atoms with van der Waals surface area (Å²) in [5.41, 5.74) is -1.57. The van der Waals surface area contributed by atoms with Gasteiger partial charge in [-0.2, -0.15) is 0 Å². The summed E-state index contributed by atoms with van der Waals surface area (Å²) in [6.07, 6.45) is -0.0394. The van der Waals surface area contributed by atoms with Crippen LogP contribution in [0.15, 0.2) is 24.3 Å². The molecule has 0 heterocycles. The number of amides is 1. The van der Waals surface area contributed by atoms with E-state index in [2.05, 4.69) is 0 Å². The van der Waals surface area contributed by atoms with Crippen molar-refractivity contribution < 1.29 is 18.7 Å². The van der Waals surface area contributed by atoms with Crippen molar-refractivity contribution in [3.63, 3.8) is 0 Å². The molecule has 5 heteroatoms. The minimum atomic E-state index is -1.29. The van der Waals surface area contributed by atoms with Crippen LogP contribution in [0.3, 0.4) is 0 Å². The molecule has 1 unspecified atom stereocenters. The Morgan fingerprint density at radius 1 is 1.30 bits per heavy atom.